The summed E-state index contributed by atoms with van der Waals surface area (Å²) >= 11 is 0. The van der Waals surface area contributed by atoms with Crippen LogP contribution in [0.15, 0.2) is 55.0 Å². The predicted octanol–water partition coefficient (Wildman–Crippen LogP) is 5.19. The fourth-order valence-corrected chi connectivity index (χ4v) is 3.56. The number of aliphatic hydroxyl groups excluding tert-OH is 1. The molecule has 0 radical (unpaired) electrons. The molecule has 154 valence electrons. The number of fused-ring (bicyclic) bond motifs is 1. The van der Waals surface area contributed by atoms with E-state index in [0.29, 0.717) is 12.4 Å². The van der Waals surface area contributed by atoms with Gasteiger partial charge in [0.2, 0.25) is 0 Å². The largest absolute Gasteiger partial charge is 0.493 e. The van der Waals surface area contributed by atoms with Crippen LogP contribution in [0.3, 0.4) is 0 Å². The van der Waals surface area contributed by atoms with Crippen LogP contribution in [0, 0.1) is 0 Å². The normalized spacial score (nSPS) is 12.5. The molecule has 6 nitrogen and oxygen atoms in total. The zero-order valence-corrected chi connectivity index (χ0v) is 17.7. The van der Waals surface area contributed by atoms with Crippen LogP contribution in [-0.4, -0.2) is 31.5 Å². The summed E-state index contributed by atoms with van der Waals surface area (Å²) in [5, 5.41) is 16.0. The van der Waals surface area contributed by atoms with Gasteiger partial charge in [-0.25, -0.2) is 9.97 Å². The number of ether oxygens (including phenoxy) is 1. The third-order valence-electron chi connectivity index (χ3n) is 5.08. The lowest BCUT2D eigenvalue weighted by Gasteiger charge is -2.15. The summed E-state index contributed by atoms with van der Waals surface area (Å²) in [6, 6.07) is 14.1. The van der Waals surface area contributed by atoms with Crippen LogP contribution in [-0.2, 0) is 0 Å². The molecule has 2 aromatic heterocycles. The third kappa shape index (κ3) is 3.66. The molecule has 0 bridgehead atoms. The first-order chi connectivity index (χ1) is 14.5. The van der Waals surface area contributed by atoms with Gasteiger partial charge in [0.25, 0.3) is 0 Å². The van der Waals surface area contributed by atoms with Crippen molar-refractivity contribution in [3.05, 3.63) is 60.6 Å². The van der Waals surface area contributed by atoms with Crippen molar-refractivity contribution in [3.63, 3.8) is 0 Å². The van der Waals surface area contributed by atoms with E-state index in [1.165, 1.54) is 0 Å². The first-order valence-electron chi connectivity index (χ1n) is 10.2. The molecule has 0 aliphatic carbocycles. The topological polar surface area (TPSA) is 73.1 Å². The lowest BCUT2D eigenvalue weighted by molar-refractivity contribution is 0.192. The lowest BCUT2D eigenvalue weighted by Crippen LogP contribution is -2.01. The van der Waals surface area contributed by atoms with Crippen LogP contribution in [0.5, 0.6) is 5.75 Å². The quantitative estimate of drug-likeness (QED) is 0.480. The van der Waals surface area contributed by atoms with Gasteiger partial charge in [-0.3, -0.25) is 4.68 Å². The monoisotopic (exact) mass is 402 g/mol. The van der Waals surface area contributed by atoms with Gasteiger partial charge in [-0.05, 0) is 33.8 Å². The molecule has 2 heterocycles. The number of hydrogen-bond donors (Lipinski definition) is 1. The summed E-state index contributed by atoms with van der Waals surface area (Å²) in [6.07, 6.45) is 2.93. The maximum Gasteiger partial charge on any atom is 0.127 e. The number of nitrogens with zero attached hydrogens (tertiary/aromatic N) is 4. The third-order valence-corrected chi connectivity index (χ3v) is 5.08. The van der Waals surface area contributed by atoms with Gasteiger partial charge in [0.15, 0.2) is 0 Å². The van der Waals surface area contributed by atoms with E-state index in [2.05, 4.69) is 23.8 Å². The molecular formula is C24H26N4O2. The van der Waals surface area contributed by atoms with Crippen molar-refractivity contribution in [2.45, 2.75) is 39.8 Å². The molecule has 0 amide bonds. The summed E-state index contributed by atoms with van der Waals surface area (Å²) < 4.78 is 7.70. The van der Waals surface area contributed by atoms with Gasteiger partial charge in [0.1, 0.15) is 17.8 Å². The number of aliphatic hydroxyl groups is 1. The highest BCUT2D eigenvalue weighted by Gasteiger charge is 2.20. The van der Waals surface area contributed by atoms with E-state index in [4.69, 9.17) is 9.84 Å². The summed E-state index contributed by atoms with van der Waals surface area (Å²) in [6.45, 7) is 8.38. The summed E-state index contributed by atoms with van der Waals surface area (Å²) in [5.41, 5.74) is 5.11. The van der Waals surface area contributed by atoms with Crippen LogP contribution in [0.4, 0.5) is 0 Å². The van der Waals surface area contributed by atoms with Crippen molar-refractivity contribution in [3.8, 4) is 28.3 Å². The Morgan fingerprint density at radius 1 is 1.03 bits per heavy atom. The highest BCUT2D eigenvalue weighted by molar-refractivity contribution is 5.96. The van der Waals surface area contributed by atoms with Gasteiger partial charge in [-0.1, -0.05) is 30.3 Å². The Labute approximate surface area is 176 Å². The first kappa shape index (κ1) is 20.0. The van der Waals surface area contributed by atoms with Gasteiger partial charge in [0.05, 0.1) is 23.9 Å². The molecule has 6 heteroatoms. The maximum absolute atomic E-state index is 10.3. The molecule has 30 heavy (non-hydrogen) atoms. The minimum Gasteiger partial charge on any atom is -0.493 e. The van der Waals surface area contributed by atoms with E-state index in [9.17, 15) is 5.11 Å². The van der Waals surface area contributed by atoms with Crippen molar-refractivity contribution < 1.29 is 9.84 Å². The molecule has 0 saturated heterocycles. The van der Waals surface area contributed by atoms with Crippen LogP contribution in [0.1, 0.15) is 45.4 Å². The molecule has 2 aromatic carbocycles. The number of aromatic nitrogens is 4. The Morgan fingerprint density at radius 2 is 1.80 bits per heavy atom. The van der Waals surface area contributed by atoms with E-state index in [0.717, 1.165) is 39.0 Å². The van der Waals surface area contributed by atoms with Crippen LogP contribution >= 0.6 is 0 Å². The fourth-order valence-electron chi connectivity index (χ4n) is 3.56. The second kappa shape index (κ2) is 8.24. The molecule has 0 aliphatic heterocycles. The minimum absolute atomic E-state index is 0.215. The zero-order valence-electron chi connectivity index (χ0n) is 17.7. The Hall–Kier alpha value is -3.25. The molecule has 0 fully saturated rings. The van der Waals surface area contributed by atoms with Gasteiger partial charge >= 0.3 is 0 Å². The Kier molecular flexibility index (Phi) is 5.50. The Balaban J connectivity index is 1.99. The Bertz CT molecular complexity index is 1170. The Morgan fingerprint density at radius 3 is 2.47 bits per heavy atom. The van der Waals surface area contributed by atoms with E-state index in [1.54, 1.807) is 13.3 Å². The molecule has 0 unspecified atom stereocenters. The standard InChI is InChI=1S/C24H26N4O2/c1-5-30-22-12-21-19(11-18(22)16(4)29)24(26-14-25-21)20-13-28(15(2)3)27-23(20)17-9-7-6-8-10-17/h6-16,29H,5H2,1-4H3/t16-/m0/s1. The van der Waals surface area contributed by atoms with E-state index in [1.807, 2.05) is 60.3 Å². The van der Waals surface area contributed by atoms with E-state index >= 15 is 0 Å². The molecule has 1 N–H and O–H groups in total. The highest BCUT2D eigenvalue weighted by atomic mass is 16.5. The van der Waals surface area contributed by atoms with Gasteiger partial charge in [0, 0.05) is 40.4 Å². The second-order valence-corrected chi connectivity index (χ2v) is 7.57. The van der Waals surface area contributed by atoms with Crippen LogP contribution < -0.4 is 4.74 Å². The van der Waals surface area contributed by atoms with Crippen molar-refractivity contribution in [1.82, 2.24) is 19.7 Å². The van der Waals surface area contributed by atoms with Crippen molar-refractivity contribution >= 4 is 10.9 Å². The highest BCUT2D eigenvalue weighted by Crippen LogP contribution is 2.37. The van der Waals surface area contributed by atoms with E-state index < -0.39 is 6.10 Å². The summed E-state index contributed by atoms with van der Waals surface area (Å²) in [7, 11) is 0. The molecule has 1 atom stereocenters. The lowest BCUT2D eigenvalue weighted by atomic mass is 10.00. The van der Waals surface area contributed by atoms with Crippen LogP contribution in [0.2, 0.25) is 0 Å². The minimum atomic E-state index is -0.670. The first-order valence-corrected chi connectivity index (χ1v) is 10.2. The van der Waals surface area contributed by atoms with Crippen molar-refractivity contribution in [1.29, 1.82) is 0 Å². The van der Waals surface area contributed by atoms with Gasteiger partial charge < -0.3 is 9.84 Å². The van der Waals surface area contributed by atoms with Crippen LogP contribution in [0.25, 0.3) is 33.4 Å². The molecule has 0 aliphatic rings. The summed E-state index contributed by atoms with van der Waals surface area (Å²) in [5.74, 6) is 0.644. The second-order valence-electron chi connectivity index (χ2n) is 7.57. The van der Waals surface area contributed by atoms with Crippen molar-refractivity contribution in [2.75, 3.05) is 6.61 Å². The van der Waals surface area contributed by atoms with Crippen molar-refractivity contribution in [2.24, 2.45) is 0 Å². The molecule has 4 rings (SSSR count). The van der Waals surface area contributed by atoms with E-state index in [-0.39, 0.29) is 6.04 Å². The van der Waals surface area contributed by atoms with Gasteiger partial charge in [-0.2, -0.15) is 5.10 Å². The number of rotatable bonds is 6. The molecule has 4 aromatic rings. The average Bonchev–Trinajstić information content (AvgIpc) is 3.19. The molecule has 0 spiro atoms. The number of benzene rings is 2. The average molecular weight is 402 g/mol. The maximum atomic E-state index is 10.3. The SMILES string of the molecule is CCOc1cc2ncnc(-c3cn(C(C)C)nc3-c3ccccc3)c2cc1[C@H](C)O. The zero-order chi connectivity index (χ0) is 21.3. The predicted molar refractivity (Wildman–Crippen MR) is 118 cm³/mol. The van der Waals surface area contributed by atoms with Gasteiger partial charge in [-0.15, -0.1) is 0 Å². The summed E-state index contributed by atoms with van der Waals surface area (Å²) in [4.78, 5) is 9.08. The number of hydrogen-bond acceptors (Lipinski definition) is 5. The molecule has 0 saturated carbocycles. The smallest absolute Gasteiger partial charge is 0.127 e. The fraction of sp³-hybridized carbons (Fsp3) is 0.292. The molecular weight excluding hydrogens is 376 g/mol.